The average molecular weight is 902 g/mol. The number of carbonyl (C=O) groups is 4. The maximum atomic E-state index is 15.2. The summed E-state index contributed by atoms with van der Waals surface area (Å²) in [6.45, 7) is 4.52. The smallest absolute Gasteiger partial charge is 0.333 e. The minimum absolute atomic E-state index is 0.0654. The number of hydrogen-bond donors (Lipinski definition) is 0. The van der Waals surface area contributed by atoms with Crippen molar-refractivity contribution >= 4 is 161 Å². The van der Waals surface area contributed by atoms with Gasteiger partial charge in [-0.3, -0.25) is 29.0 Å². The highest BCUT2D eigenvalue weighted by Crippen LogP contribution is 2.64. The number of thiocarbonyl (C=S) groups is 2. The fourth-order valence-corrected chi connectivity index (χ4v) is 15.2. The van der Waals surface area contributed by atoms with Gasteiger partial charge in [0.2, 0.25) is 5.41 Å². The minimum atomic E-state index is -2.01. The normalized spacial score (nSPS) is 17.5. The van der Waals surface area contributed by atoms with Gasteiger partial charge in [-0.1, -0.05) is 96.9 Å². The van der Waals surface area contributed by atoms with Crippen LogP contribution in [0.1, 0.15) is 41.0 Å². The summed E-state index contributed by atoms with van der Waals surface area (Å²) in [6, 6.07) is 22.5. The Kier molecular flexibility index (Phi) is 10.3. The van der Waals surface area contributed by atoms with Crippen molar-refractivity contribution in [1.82, 2.24) is 9.80 Å². The number of fused-ring (bicyclic) bond motifs is 7. The SMILES string of the molecule is CCN1C(=O)/C(=C/c2cc3sc4c(c3s2)C(C(=O)OCc2ccccc2)(C(=O)OCc2ccccc2)c2c-4sc3cc(/N=C4\SC(=S)N(CC)C4=O)sc23)SC1=S. The molecular weight excluding hydrogens is 875 g/mol. The zero-order valence-electron chi connectivity index (χ0n) is 29.9. The summed E-state index contributed by atoms with van der Waals surface area (Å²) in [6.07, 6.45) is 1.82. The van der Waals surface area contributed by atoms with Gasteiger partial charge in [0.05, 0.1) is 24.1 Å². The number of amides is 2. The lowest BCUT2D eigenvalue weighted by molar-refractivity contribution is -0.164. The van der Waals surface area contributed by atoms with E-state index in [0.29, 0.717) is 47.5 Å². The van der Waals surface area contributed by atoms with Gasteiger partial charge in [-0.15, -0.1) is 45.3 Å². The number of carbonyl (C=O) groups excluding carboxylic acids is 4. The molecule has 9 nitrogen and oxygen atoms in total. The third kappa shape index (κ3) is 6.43. The first-order valence-electron chi connectivity index (χ1n) is 17.6. The predicted octanol–water partition coefficient (Wildman–Crippen LogP) is 10.1. The second-order valence-corrected chi connectivity index (χ2v) is 20.4. The summed E-state index contributed by atoms with van der Waals surface area (Å²) < 4.78 is 16.4. The van der Waals surface area contributed by atoms with E-state index in [1.54, 1.807) is 4.90 Å². The van der Waals surface area contributed by atoms with Gasteiger partial charge in [-0.05, 0) is 54.9 Å². The first-order chi connectivity index (χ1) is 27.6. The molecule has 0 spiro atoms. The molecule has 2 amide bonds. The second-order valence-electron chi connectivity index (χ2n) is 12.9. The summed E-state index contributed by atoms with van der Waals surface area (Å²) in [5.41, 5.74) is 0.523. The Hall–Kier alpha value is -4.07. The fourth-order valence-electron chi connectivity index (χ4n) is 6.91. The van der Waals surface area contributed by atoms with Crippen LogP contribution in [0.25, 0.3) is 34.6 Å². The Balaban J connectivity index is 1.22. The quantitative estimate of drug-likeness (QED) is 0.0571. The predicted molar refractivity (Wildman–Crippen MR) is 242 cm³/mol. The van der Waals surface area contributed by atoms with Gasteiger partial charge in [-0.25, -0.2) is 4.99 Å². The molecule has 3 aliphatic rings. The molecule has 57 heavy (non-hydrogen) atoms. The molecule has 4 aromatic heterocycles. The number of hydrogen-bond acceptors (Lipinski definition) is 15. The van der Waals surface area contributed by atoms with E-state index in [-0.39, 0.29) is 30.1 Å². The number of rotatable bonds is 10. The van der Waals surface area contributed by atoms with Crippen LogP contribution in [0.5, 0.6) is 0 Å². The van der Waals surface area contributed by atoms with Crippen molar-refractivity contribution in [2.75, 3.05) is 13.1 Å². The molecule has 0 saturated carbocycles. The highest BCUT2D eigenvalue weighted by Gasteiger charge is 2.62. The number of aliphatic imine (C=N–C) groups is 1. The van der Waals surface area contributed by atoms with Crippen LogP contribution < -0.4 is 0 Å². The van der Waals surface area contributed by atoms with E-state index in [2.05, 4.69) is 0 Å². The molecule has 9 rings (SSSR count). The summed E-state index contributed by atoms with van der Waals surface area (Å²) >= 11 is 19.0. The maximum absolute atomic E-state index is 15.2. The van der Waals surface area contributed by atoms with Crippen LogP contribution in [-0.4, -0.2) is 60.3 Å². The van der Waals surface area contributed by atoms with E-state index in [4.69, 9.17) is 38.9 Å². The number of likely N-dealkylation sites (N-methyl/N-ethyl adjacent to an activating group) is 1. The van der Waals surface area contributed by atoms with Crippen LogP contribution in [0.2, 0.25) is 0 Å². The van der Waals surface area contributed by atoms with E-state index in [9.17, 15) is 9.59 Å². The van der Waals surface area contributed by atoms with Crippen molar-refractivity contribution in [2.45, 2.75) is 32.5 Å². The molecule has 0 atom stereocenters. The summed E-state index contributed by atoms with van der Waals surface area (Å²) in [4.78, 5) is 67.3. The van der Waals surface area contributed by atoms with E-state index in [0.717, 1.165) is 51.6 Å². The van der Waals surface area contributed by atoms with Crippen molar-refractivity contribution in [3.05, 3.63) is 105 Å². The Morgan fingerprint density at radius 3 is 1.79 bits per heavy atom. The number of esters is 2. The molecule has 0 radical (unpaired) electrons. The zero-order valence-corrected chi connectivity index (χ0v) is 36.4. The molecule has 17 heteroatoms. The summed E-state index contributed by atoms with van der Waals surface area (Å²) in [5.74, 6) is -1.92. The number of ether oxygens (including phenoxy) is 2. The lowest BCUT2D eigenvalue weighted by Gasteiger charge is -2.27. The third-order valence-electron chi connectivity index (χ3n) is 9.55. The van der Waals surface area contributed by atoms with Crippen molar-refractivity contribution in [1.29, 1.82) is 0 Å². The summed E-state index contributed by atoms with van der Waals surface area (Å²) in [5, 5.41) is 0.814. The molecule has 0 bridgehead atoms. The van der Waals surface area contributed by atoms with Crippen LogP contribution in [0.4, 0.5) is 5.00 Å². The Morgan fingerprint density at radius 1 is 0.719 bits per heavy atom. The monoisotopic (exact) mass is 901 g/mol. The molecular formula is C40H27N3O6S8. The first kappa shape index (κ1) is 38.4. The van der Waals surface area contributed by atoms with Crippen LogP contribution in [0.15, 0.2) is 82.7 Å². The molecule has 2 aromatic carbocycles. The largest absolute Gasteiger partial charge is 0.459 e. The third-order valence-corrected chi connectivity index (χ3v) is 17.1. The Labute approximate surface area is 361 Å². The molecule has 2 aliphatic heterocycles. The van der Waals surface area contributed by atoms with Crippen LogP contribution in [0.3, 0.4) is 0 Å². The van der Waals surface area contributed by atoms with Gasteiger partial charge in [0.25, 0.3) is 11.8 Å². The van der Waals surface area contributed by atoms with E-state index in [1.165, 1.54) is 62.0 Å². The fraction of sp³-hybridized carbons (Fsp3) is 0.175. The van der Waals surface area contributed by atoms with Crippen LogP contribution >= 0.6 is 93.3 Å². The second kappa shape index (κ2) is 15.3. The van der Waals surface area contributed by atoms with Gasteiger partial charge in [0.15, 0.2) is 5.04 Å². The molecule has 0 N–H and O–H groups in total. The number of thiophene rings is 4. The van der Waals surface area contributed by atoms with Crippen molar-refractivity contribution < 1.29 is 28.7 Å². The highest BCUT2D eigenvalue weighted by atomic mass is 32.2. The Bertz CT molecular complexity index is 2570. The molecule has 6 heterocycles. The molecule has 2 saturated heterocycles. The topological polar surface area (TPSA) is 106 Å². The van der Waals surface area contributed by atoms with Gasteiger partial charge in [0.1, 0.15) is 26.9 Å². The van der Waals surface area contributed by atoms with Crippen LogP contribution in [-0.2, 0) is 47.3 Å². The number of nitrogens with zero attached hydrogens (tertiary/aromatic N) is 3. The highest BCUT2D eigenvalue weighted by molar-refractivity contribution is 8.35. The van der Waals surface area contributed by atoms with E-state index < -0.39 is 17.4 Å². The van der Waals surface area contributed by atoms with Crippen molar-refractivity contribution in [3.63, 3.8) is 0 Å². The van der Waals surface area contributed by atoms with E-state index >= 15 is 9.59 Å². The van der Waals surface area contributed by atoms with Gasteiger partial charge < -0.3 is 9.47 Å². The van der Waals surface area contributed by atoms with Crippen molar-refractivity contribution in [2.24, 2.45) is 4.99 Å². The maximum Gasteiger partial charge on any atom is 0.333 e. The Morgan fingerprint density at radius 2 is 1.25 bits per heavy atom. The van der Waals surface area contributed by atoms with Gasteiger partial charge in [0, 0.05) is 38.5 Å². The van der Waals surface area contributed by atoms with Gasteiger partial charge >= 0.3 is 11.9 Å². The zero-order chi connectivity index (χ0) is 39.6. The lowest BCUT2D eigenvalue weighted by Crippen LogP contribution is -2.45. The average Bonchev–Trinajstić information content (AvgIpc) is 4.06. The van der Waals surface area contributed by atoms with Gasteiger partial charge in [-0.2, -0.15) is 0 Å². The number of thioether (sulfide) groups is 2. The standard InChI is InChI=1S/C40H27N3O6S8/c1-3-42-34(44)25(55-38(42)50)16-22-15-23-29(52-22)27-31(53-23)32-28(30-24(54-32)17-26(56-30)41-33-35(45)43(4-2)39(51)57-33)40(27,36(46)48-18-20-11-7-5-8-12-20)37(47)49-19-21-13-9-6-10-14-21/h5-17H,3-4,18-19H2,1-2H3/b25-16-,41-33-. The number of benzene rings is 2. The summed E-state index contributed by atoms with van der Waals surface area (Å²) in [7, 11) is 0. The molecule has 2 fully saturated rings. The van der Waals surface area contributed by atoms with Crippen molar-refractivity contribution in [3.8, 4) is 9.75 Å². The van der Waals surface area contributed by atoms with Crippen LogP contribution in [0, 0.1) is 0 Å². The molecule has 286 valence electrons. The first-order valence-corrected chi connectivity index (χ1v) is 23.3. The minimum Gasteiger partial charge on any atom is -0.459 e. The van der Waals surface area contributed by atoms with E-state index in [1.807, 2.05) is 92.7 Å². The molecule has 6 aromatic rings. The lowest BCUT2D eigenvalue weighted by atomic mass is 9.79. The molecule has 0 unspecified atom stereocenters. The molecule has 1 aliphatic carbocycles.